The number of aromatic nitrogens is 3. The highest BCUT2D eigenvalue weighted by Crippen LogP contribution is 2.26. The number of aryl methyl sites for hydroxylation is 2. The Morgan fingerprint density at radius 3 is 2.67 bits per heavy atom. The Kier molecular flexibility index (Phi) is 5.86. The largest absolute Gasteiger partial charge is 0.369 e. The van der Waals surface area contributed by atoms with E-state index >= 15 is 0 Å². The number of carbonyl (C=O) groups excluding carboxylic acids is 1. The minimum absolute atomic E-state index is 0.145. The van der Waals surface area contributed by atoms with Crippen LogP contribution in [0.3, 0.4) is 0 Å². The lowest BCUT2D eigenvalue weighted by atomic mass is 10.1. The van der Waals surface area contributed by atoms with Crippen LogP contribution in [-0.4, -0.2) is 58.8 Å². The number of pyridine rings is 1. The van der Waals surface area contributed by atoms with Gasteiger partial charge in [-0.25, -0.2) is 9.67 Å². The second kappa shape index (κ2) is 8.96. The normalized spacial score (nSPS) is 14.7. The fraction of sp³-hybridized carbons (Fsp3) is 0.320. The zero-order chi connectivity index (χ0) is 22.9. The number of rotatable bonds is 5. The van der Waals surface area contributed by atoms with E-state index in [4.69, 9.17) is 0 Å². The van der Waals surface area contributed by atoms with Crippen molar-refractivity contribution < 1.29 is 4.79 Å². The minimum atomic E-state index is -0.145. The first-order valence-electron chi connectivity index (χ1n) is 11.2. The van der Waals surface area contributed by atoms with Crippen LogP contribution in [0.5, 0.6) is 0 Å². The number of hydrogen-bond donors (Lipinski definition) is 1. The lowest BCUT2D eigenvalue weighted by Crippen LogP contribution is -2.44. The van der Waals surface area contributed by atoms with E-state index < -0.39 is 0 Å². The van der Waals surface area contributed by atoms with Crippen molar-refractivity contribution in [2.24, 2.45) is 0 Å². The number of piperazine rings is 1. The van der Waals surface area contributed by atoms with Gasteiger partial charge in [-0.15, -0.1) is 11.3 Å². The second-order valence-corrected chi connectivity index (χ2v) is 9.71. The Morgan fingerprint density at radius 1 is 1.12 bits per heavy atom. The van der Waals surface area contributed by atoms with Crippen molar-refractivity contribution in [2.45, 2.75) is 20.4 Å². The number of amides is 1. The molecule has 0 saturated carbocycles. The molecule has 0 radical (unpaired) electrons. The van der Waals surface area contributed by atoms with Gasteiger partial charge in [-0.1, -0.05) is 6.07 Å². The molecule has 0 bridgehead atoms. The van der Waals surface area contributed by atoms with Crippen molar-refractivity contribution in [2.75, 3.05) is 43.4 Å². The Balaban J connectivity index is 1.38. The van der Waals surface area contributed by atoms with Gasteiger partial charge in [0.25, 0.3) is 5.91 Å². The van der Waals surface area contributed by atoms with Crippen molar-refractivity contribution in [1.29, 1.82) is 0 Å². The molecule has 3 aromatic heterocycles. The van der Waals surface area contributed by atoms with E-state index in [-0.39, 0.29) is 5.91 Å². The summed E-state index contributed by atoms with van der Waals surface area (Å²) < 4.78 is 1.86. The van der Waals surface area contributed by atoms with Gasteiger partial charge in [0, 0.05) is 48.1 Å². The molecule has 0 unspecified atom stereocenters. The fourth-order valence-corrected chi connectivity index (χ4v) is 5.05. The molecule has 7 nitrogen and oxygen atoms in total. The molecule has 1 saturated heterocycles. The molecule has 5 rings (SSSR count). The third-order valence-electron chi connectivity index (χ3n) is 6.17. The van der Waals surface area contributed by atoms with Crippen LogP contribution in [0.2, 0.25) is 0 Å². The molecule has 8 heteroatoms. The van der Waals surface area contributed by atoms with Gasteiger partial charge in [0.15, 0.2) is 5.65 Å². The molecule has 4 aromatic rings. The van der Waals surface area contributed by atoms with Gasteiger partial charge in [0.2, 0.25) is 0 Å². The van der Waals surface area contributed by atoms with Crippen LogP contribution in [0, 0.1) is 13.8 Å². The molecule has 0 atom stereocenters. The second-order valence-electron chi connectivity index (χ2n) is 8.68. The lowest BCUT2D eigenvalue weighted by Gasteiger charge is -2.35. The first kappa shape index (κ1) is 21.6. The number of benzene rings is 1. The van der Waals surface area contributed by atoms with E-state index in [9.17, 15) is 4.79 Å². The van der Waals surface area contributed by atoms with Crippen molar-refractivity contribution in [1.82, 2.24) is 19.7 Å². The monoisotopic (exact) mass is 460 g/mol. The van der Waals surface area contributed by atoms with E-state index in [2.05, 4.69) is 62.7 Å². The summed E-state index contributed by atoms with van der Waals surface area (Å²) in [5.74, 6) is -0.145. The molecular formula is C25H28N6OS. The number of carbonyl (C=O) groups is 1. The predicted molar refractivity (Wildman–Crippen MR) is 135 cm³/mol. The van der Waals surface area contributed by atoms with Crippen molar-refractivity contribution in [3.05, 3.63) is 69.7 Å². The van der Waals surface area contributed by atoms with Gasteiger partial charge in [-0.2, -0.15) is 5.10 Å². The quantitative estimate of drug-likeness (QED) is 0.484. The topological polar surface area (TPSA) is 66.3 Å². The number of anilines is 2. The molecule has 0 spiro atoms. The highest BCUT2D eigenvalue weighted by Gasteiger charge is 2.18. The number of thiophene rings is 1. The molecule has 1 N–H and O–H groups in total. The standard InChI is InChI=1S/C25H28N6OS/c1-17-13-19(6-7-23(17)30-10-8-29(3)9-11-30)28-25(32)21-14-18(2)27-24-22(21)15-26-31(24)16-20-5-4-12-33-20/h4-7,12-15H,8-11,16H2,1-3H3,(H,28,32). The summed E-state index contributed by atoms with van der Waals surface area (Å²) in [6.07, 6.45) is 1.74. The Morgan fingerprint density at radius 2 is 1.94 bits per heavy atom. The number of fused-ring (bicyclic) bond motifs is 1. The Bertz CT molecular complexity index is 1290. The molecule has 170 valence electrons. The summed E-state index contributed by atoms with van der Waals surface area (Å²) in [5, 5.41) is 10.4. The number of hydrogen-bond acceptors (Lipinski definition) is 6. The Labute approximate surface area is 197 Å². The molecular weight excluding hydrogens is 432 g/mol. The van der Waals surface area contributed by atoms with Gasteiger partial charge >= 0.3 is 0 Å². The third kappa shape index (κ3) is 4.49. The average molecular weight is 461 g/mol. The van der Waals surface area contributed by atoms with Gasteiger partial charge in [0.1, 0.15) is 0 Å². The predicted octanol–water partition coefficient (Wildman–Crippen LogP) is 4.16. The summed E-state index contributed by atoms with van der Waals surface area (Å²) in [4.78, 5) is 23.9. The van der Waals surface area contributed by atoms with Crippen LogP contribution in [0.1, 0.15) is 26.5 Å². The van der Waals surface area contributed by atoms with E-state index in [1.54, 1.807) is 17.5 Å². The third-order valence-corrected chi connectivity index (χ3v) is 7.03. The number of nitrogens with zero attached hydrogens (tertiary/aromatic N) is 5. The smallest absolute Gasteiger partial charge is 0.256 e. The zero-order valence-electron chi connectivity index (χ0n) is 19.2. The van der Waals surface area contributed by atoms with Crippen molar-refractivity contribution in [3.8, 4) is 0 Å². The molecule has 33 heavy (non-hydrogen) atoms. The van der Waals surface area contributed by atoms with Gasteiger partial charge < -0.3 is 15.1 Å². The average Bonchev–Trinajstić information content (AvgIpc) is 3.45. The molecule has 1 aliphatic heterocycles. The summed E-state index contributed by atoms with van der Waals surface area (Å²) in [7, 11) is 2.16. The first-order valence-corrected chi connectivity index (χ1v) is 12.1. The highest BCUT2D eigenvalue weighted by atomic mass is 32.1. The van der Waals surface area contributed by atoms with E-state index in [0.717, 1.165) is 54.2 Å². The number of likely N-dealkylation sites (N-methyl/N-ethyl adjacent to an activating group) is 1. The maximum Gasteiger partial charge on any atom is 0.256 e. The minimum Gasteiger partial charge on any atom is -0.369 e. The first-order chi connectivity index (χ1) is 16.0. The van der Waals surface area contributed by atoms with E-state index in [1.807, 2.05) is 29.8 Å². The van der Waals surface area contributed by atoms with Crippen LogP contribution < -0.4 is 10.2 Å². The van der Waals surface area contributed by atoms with E-state index in [1.165, 1.54) is 10.6 Å². The molecule has 1 aromatic carbocycles. The zero-order valence-corrected chi connectivity index (χ0v) is 20.0. The Hall–Kier alpha value is -3.23. The van der Waals surface area contributed by atoms with Crippen LogP contribution in [0.4, 0.5) is 11.4 Å². The van der Waals surface area contributed by atoms with E-state index in [0.29, 0.717) is 12.1 Å². The van der Waals surface area contributed by atoms with Crippen LogP contribution in [-0.2, 0) is 6.54 Å². The molecule has 1 amide bonds. The fourth-order valence-electron chi connectivity index (χ4n) is 4.36. The molecule has 1 aliphatic rings. The SMILES string of the molecule is Cc1cc(C(=O)Nc2ccc(N3CCN(C)CC3)c(C)c2)c2cnn(Cc3cccs3)c2n1. The van der Waals surface area contributed by atoms with Crippen LogP contribution >= 0.6 is 11.3 Å². The summed E-state index contributed by atoms with van der Waals surface area (Å²) in [5.41, 5.74) is 5.31. The summed E-state index contributed by atoms with van der Waals surface area (Å²) in [6, 6.07) is 12.1. The lowest BCUT2D eigenvalue weighted by molar-refractivity contribution is 0.102. The maximum atomic E-state index is 13.3. The van der Waals surface area contributed by atoms with Crippen molar-refractivity contribution >= 4 is 39.7 Å². The molecule has 0 aliphatic carbocycles. The van der Waals surface area contributed by atoms with Crippen molar-refractivity contribution in [3.63, 3.8) is 0 Å². The maximum absolute atomic E-state index is 13.3. The van der Waals surface area contributed by atoms with Gasteiger partial charge in [0.05, 0.1) is 23.7 Å². The van der Waals surface area contributed by atoms with Gasteiger partial charge in [-0.3, -0.25) is 4.79 Å². The number of nitrogens with one attached hydrogen (secondary N) is 1. The van der Waals surface area contributed by atoms with Crippen LogP contribution in [0.25, 0.3) is 11.0 Å². The van der Waals surface area contributed by atoms with Crippen LogP contribution in [0.15, 0.2) is 48.0 Å². The highest BCUT2D eigenvalue weighted by molar-refractivity contribution is 7.09. The molecule has 4 heterocycles. The summed E-state index contributed by atoms with van der Waals surface area (Å²) >= 11 is 1.69. The summed E-state index contributed by atoms with van der Waals surface area (Å²) in [6.45, 7) is 8.83. The molecule has 1 fully saturated rings. The van der Waals surface area contributed by atoms with Gasteiger partial charge in [-0.05, 0) is 62.2 Å².